The molecule has 5 nitrogen and oxygen atoms in total. The number of pyridine rings is 1. The SMILES string of the molecule is COC(=O)c1c2c(nc3ccc(O)cc13)CCN(C)C2. The van der Waals surface area contributed by atoms with Gasteiger partial charge in [0.1, 0.15) is 5.75 Å². The maximum Gasteiger partial charge on any atom is 0.338 e. The van der Waals surface area contributed by atoms with Crippen molar-refractivity contribution in [2.24, 2.45) is 0 Å². The molecule has 1 aromatic heterocycles. The summed E-state index contributed by atoms with van der Waals surface area (Å²) in [6.45, 7) is 1.59. The molecule has 0 atom stereocenters. The number of hydrogen-bond acceptors (Lipinski definition) is 5. The molecular formula is C15H16N2O3. The number of rotatable bonds is 1. The second-order valence-corrected chi connectivity index (χ2v) is 5.09. The van der Waals surface area contributed by atoms with Crippen LogP contribution in [0.3, 0.4) is 0 Å². The summed E-state index contributed by atoms with van der Waals surface area (Å²) >= 11 is 0. The van der Waals surface area contributed by atoms with Crippen molar-refractivity contribution in [2.75, 3.05) is 20.7 Å². The number of phenolic OH excluding ortho intramolecular Hbond substituents is 1. The molecule has 0 saturated heterocycles. The lowest BCUT2D eigenvalue weighted by atomic mass is 9.96. The lowest BCUT2D eigenvalue weighted by Gasteiger charge is -2.26. The van der Waals surface area contributed by atoms with Gasteiger partial charge in [-0.1, -0.05) is 0 Å². The predicted molar refractivity (Wildman–Crippen MR) is 74.8 cm³/mol. The smallest absolute Gasteiger partial charge is 0.338 e. The highest BCUT2D eigenvalue weighted by Crippen LogP contribution is 2.30. The Kier molecular flexibility index (Phi) is 3.06. The molecule has 0 bridgehead atoms. The van der Waals surface area contributed by atoms with E-state index in [9.17, 15) is 9.90 Å². The van der Waals surface area contributed by atoms with Crippen molar-refractivity contribution in [3.8, 4) is 5.75 Å². The molecule has 5 heteroatoms. The number of aromatic nitrogens is 1. The summed E-state index contributed by atoms with van der Waals surface area (Å²) in [7, 11) is 3.38. The maximum atomic E-state index is 12.2. The van der Waals surface area contributed by atoms with Crippen molar-refractivity contribution in [2.45, 2.75) is 13.0 Å². The number of phenols is 1. The molecule has 104 valence electrons. The molecule has 1 aliphatic rings. The predicted octanol–water partition coefficient (Wildman–Crippen LogP) is 1.71. The summed E-state index contributed by atoms with van der Waals surface area (Å²) in [6, 6.07) is 4.89. The van der Waals surface area contributed by atoms with Crippen molar-refractivity contribution in [3.63, 3.8) is 0 Å². The number of methoxy groups -OCH3 is 1. The van der Waals surface area contributed by atoms with Gasteiger partial charge in [-0.2, -0.15) is 0 Å². The first kappa shape index (κ1) is 12.9. The number of carbonyl (C=O) groups is 1. The van der Waals surface area contributed by atoms with E-state index in [0.29, 0.717) is 23.0 Å². The van der Waals surface area contributed by atoms with Gasteiger partial charge >= 0.3 is 5.97 Å². The summed E-state index contributed by atoms with van der Waals surface area (Å²) in [5.74, 6) is -0.261. The van der Waals surface area contributed by atoms with E-state index in [-0.39, 0.29) is 11.7 Å². The van der Waals surface area contributed by atoms with Crippen molar-refractivity contribution in [1.82, 2.24) is 9.88 Å². The van der Waals surface area contributed by atoms with E-state index in [1.165, 1.54) is 7.11 Å². The number of aromatic hydroxyl groups is 1. The molecular weight excluding hydrogens is 256 g/mol. The number of hydrogen-bond donors (Lipinski definition) is 1. The van der Waals surface area contributed by atoms with Gasteiger partial charge in [-0.25, -0.2) is 4.79 Å². The minimum atomic E-state index is -0.380. The molecule has 3 rings (SSSR count). The average Bonchev–Trinajstić information content (AvgIpc) is 2.44. The largest absolute Gasteiger partial charge is 0.508 e. The van der Waals surface area contributed by atoms with E-state index >= 15 is 0 Å². The molecule has 2 heterocycles. The van der Waals surface area contributed by atoms with Gasteiger partial charge in [0.25, 0.3) is 0 Å². The van der Waals surface area contributed by atoms with Gasteiger partial charge in [0.15, 0.2) is 0 Å². The van der Waals surface area contributed by atoms with Crippen LogP contribution in [0.25, 0.3) is 10.9 Å². The lowest BCUT2D eigenvalue weighted by Crippen LogP contribution is -2.29. The Morgan fingerprint density at radius 1 is 1.45 bits per heavy atom. The number of esters is 1. The maximum absolute atomic E-state index is 12.2. The number of benzene rings is 1. The second-order valence-electron chi connectivity index (χ2n) is 5.09. The molecule has 1 aliphatic heterocycles. The van der Waals surface area contributed by atoms with Gasteiger partial charge < -0.3 is 14.7 Å². The molecule has 1 N–H and O–H groups in total. The molecule has 0 fully saturated rings. The molecule has 0 amide bonds. The van der Waals surface area contributed by atoms with Gasteiger partial charge in [0.2, 0.25) is 0 Å². The molecule has 1 aromatic carbocycles. The number of nitrogens with zero attached hydrogens (tertiary/aromatic N) is 2. The minimum absolute atomic E-state index is 0.119. The summed E-state index contributed by atoms with van der Waals surface area (Å²) in [6.07, 6.45) is 0.812. The standard InChI is InChI=1S/C15H16N2O3/c1-17-6-5-13-11(8-17)14(15(19)20-2)10-7-9(18)3-4-12(10)16-13/h3-4,7,18H,5-6,8H2,1-2H3. The number of fused-ring (bicyclic) bond motifs is 2. The number of likely N-dealkylation sites (N-methyl/N-ethyl adjacent to an activating group) is 1. The zero-order valence-electron chi connectivity index (χ0n) is 11.5. The average molecular weight is 272 g/mol. The van der Waals surface area contributed by atoms with Crippen molar-refractivity contribution >= 4 is 16.9 Å². The van der Waals surface area contributed by atoms with Crippen LogP contribution in [0, 0.1) is 0 Å². The summed E-state index contributed by atoms with van der Waals surface area (Å²) < 4.78 is 4.92. The topological polar surface area (TPSA) is 62.7 Å². The third kappa shape index (κ3) is 2.00. The highest BCUT2D eigenvalue weighted by Gasteiger charge is 2.25. The highest BCUT2D eigenvalue weighted by atomic mass is 16.5. The van der Waals surface area contributed by atoms with E-state index in [4.69, 9.17) is 4.74 Å². The third-order valence-electron chi connectivity index (χ3n) is 3.70. The Labute approximate surface area is 116 Å². The van der Waals surface area contributed by atoms with Crippen LogP contribution in [0.1, 0.15) is 21.6 Å². The lowest BCUT2D eigenvalue weighted by molar-refractivity contribution is 0.0600. The molecule has 0 radical (unpaired) electrons. The molecule has 0 saturated carbocycles. The first-order valence-electron chi connectivity index (χ1n) is 6.51. The fourth-order valence-corrected chi connectivity index (χ4v) is 2.70. The van der Waals surface area contributed by atoms with Crippen LogP contribution in [0.15, 0.2) is 18.2 Å². The van der Waals surface area contributed by atoms with E-state index < -0.39 is 0 Å². The molecule has 2 aromatic rings. The van der Waals surface area contributed by atoms with Crippen LogP contribution in [0.5, 0.6) is 5.75 Å². The monoisotopic (exact) mass is 272 g/mol. The zero-order valence-corrected chi connectivity index (χ0v) is 11.5. The van der Waals surface area contributed by atoms with E-state index in [1.54, 1.807) is 18.2 Å². The van der Waals surface area contributed by atoms with Gasteiger partial charge in [-0.05, 0) is 25.2 Å². The second kappa shape index (κ2) is 4.76. The molecule has 0 aliphatic carbocycles. The minimum Gasteiger partial charge on any atom is -0.508 e. The highest BCUT2D eigenvalue weighted by molar-refractivity contribution is 6.05. The Morgan fingerprint density at radius 2 is 2.25 bits per heavy atom. The quantitative estimate of drug-likeness (QED) is 0.801. The Hall–Kier alpha value is -2.14. The first-order chi connectivity index (χ1) is 9.60. The van der Waals surface area contributed by atoms with Crippen LogP contribution in [0.4, 0.5) is 0 Å². The Balaban J connectivity index is 2.35. The molecule has 0 unspecified atom stereocenters. The van der Waals surface area contributed by atoms with Gasteiger partial charge in [-0.15, -0.1) is 0 Å². The van der Waals surface area contributed by atoms with Gasteiger partial charge in [0, 0.05) is 36.2 Å². The van der Waals surface area contributed by atoms with E-state index in [0.717, 1.165) is 24.2 Å². The van der Waals surface area contributed by atoms with Crippen molar-refractivity contribution in [3.05, 3.63) is 35.0 Å². The Bertz CT molecular complexity index is 697. The van der Waals surface area contributed by atoms with Crippen molar-refractivity contribution in [1.29, 1.82) is 0 Å². The first-order valence-corrected chi connectivity index (χ1v) is 6.51. The summed E-state index contributed by atoms with van der Waals surface area (Å²) in [4.78, 5) is 18.9. The summed E-state index contributed by atoms with van der Waals surface area (Å²) in [5.41, 5.74) is 3.09. The third-order valence-corrected chi connectivity index (χ3v) is 3.70. The van der Waals surface area contributed by atoms with Crippen LogP contribution >= 0.6 is 0 Å². The normalized spacial score (nSPS) is 15.1. The van der Waals surface area contributed by atoms with Gasteiger partial charge in [-0.3, -0.25) is 4.98 Å². The van der Waals surface area contributed by atoms with Crippen molar-refractivity contribution < 1.29 is 14.6 Å². The zero-order chi connectivity index (χ0) is 14.3. The van der Waals surface area contributed by atoms with Gasteiger partial charge in [0.05, 0.1) is 18.2 Å². The fourth-order valence-electron chi connectivity index (χ4n) is 2.70. The van der Waals surface area contributed by atoms with Crippen LogP contribution in [-0.4, -0.2) is 41.7 Å². The van der Waals surface area contributed by atoms with Crippen LogP contribution in [0.2, 0.25) is 0 Å². The molecule has 0 spiro atoms. The molecule has 20 heavy (non-hydrogen) atoms. The van der Waals surface area contributed by atoms with E-state index in [2.05, 4.69) is 9.88 Å². The summed E-state index contributed by atoms with van der Waals surface area (Å²) in [5, 5.41) is 10.3. The number of ether oxygens (including phenoxy) is 1. The Morgan fingerprint density at radius 3 is 3.00 bits per heavy atom. The van der Waals surface area contributed by atoms with Crippen LogP contribution in [-0.2, 0) is 17.7 Å². The van der Waals surface area contributed by atoms with E-state index in [1.807, 2.05) is 7.05 Å². The fraction of sp³-hybridized carbons (Fsp3) is 0.333. The van der Waals surface area contributed by atoms with Crippen LogP contribution < -0.4 is 0 Å². The number of carbonyl (C=O) groups excluding carboxylic acids is 1.